The molecule has 184 valence electrons. The highest BCUT2D eigenvalue weighted by molar-refractivity contribution is 7.84. The zero-order chi connectivity index (χ0) is 25.0. The van der Waals surface area contributed by atoms with Crippen LogP contribution in [-0.4, -0.2) is 39.1 Å². The lowest BCUT2D eigenvalue weighted by Gasteiger charge is -2.15. The summed E-state index contributed by atoms with van der Waals surface area (Å²) in [6.45, 7) is 0.747. The Morgan fingerprint density at radius 3 is 2.57 bits per heavy atom. The first-order valence-electron chi connectivity index (χ1n) is 10.5. The van der Waals surface area contributed by atoms with Crippen molar-refractivity contribution in [1.29, 1.82) is 0 Å². The highest BCUT2D eigenvalue weighted by Gasteiger charge is 2.28. The summed E-state index contributed by atoms with van der Waals surface area (Å²) >= 11 is 0. The number of aromatic nitrogens is 3. The lowest BCUT2D eigenvalue weighted by molar-refractivity contribution is -0.153. The predicted octanol–water partition coefficient (Wildman–Crippen LogP) is 5.10. The fourth-order valence-corrected chi connectivity index (χ4v) is 4.47. The molecule has 2 heterocycles. The molecule has 1 atom stereocenters. The molecule has 0 aliphatic heterocycles. The van der Waals surface area contributed by atoms with E-state index in [9.17, 15) is 17.4 Å². The van der Waals surface area contributed by atoms with Gasteiger partial charge < -0.3 is 19.2 Å². The third-order valence-corrected chi connectivity index (χ3v) is 6.25. The van der Waals surface area contributed by atoms with E-state index in [-0.39, 0.29) is 16.7 Å². The van der Waals surface area contributed by atoms with E-state index in [1.54, 1.807) is 6.92 Å². The number of methoxy groups -OCH3 is 1. The van der Waals surface area contributed by atoms with Gasteiger partial charge in [0.2, 0.25) is 0 Å². The number of H-pyrrole nitrogens is 1. The van der Waals surface area contributed by atoms with Crippen molar-refractivity contribution in [2.45, 2.75) is 30.6 Å². The lowest BCUT2D eigenvalue weighted by Crippen LogP contribution is -2.19. The molecule has 2 aromatic heterocycles. The molecule has 0 fully saturated rings. The number of ether oxygens (including phenoxy) is 3. The Hall–Kier alpha value is -3.60. The molecule has 0 aliphatic carbocycles. The van der Waals surface area contributed by atoms with Gasteiger partial charge in [-0.25, -0.2) is 4.98 Å². The van der Waals surface area contributed by atoms with Gasteiger partial charge in [-0.05, 0) is 24.6 Å². The fraction of sp³-hybridized carbons (Fsp3) is 0.250. The van der Waals surface area contributed by atoms with E-state index in [2.05, 4.69) is 15.0 Å². The third kappa shape index (κ3) is 6.10. The fourth-order valence-electron chi connectivity index (χ4n) is 3.37. The Morgan fingerprint density at radius 1 is 1.09 bits per heavy atom. The van der Waals surface area contributed by atoms with Crippen LogP contribution in [0.3, 0.4) is 0 Å². The van der Waals surface area contributed by atoms with Crippen LogP contribution >= 0.6 is 0 Å². The molecule has 1 unspecified atom stereocenters. The highest BCUT2D eigenvalue weighted by Crippen LogP contribution is 2.33. The summed E-state index contributed by atoms with van der Waals surface area (Å²) in [5.41, 5.74) is 3.10. The molecule has 0 bridgehead atoms. The molecular weight excluding hydrogens is 483 g/mol. The van der Waals surface area contributed by atoms with Crippen molar-refractivity contribution < 1.29 is 31.6 Å². The van der Waals surface area contributed by atoms with E-state index < -0.39 is 23.6 Å². The van der Waals surface area contributed by atoms with Crippen LogP contribution in [0.5, 0.6) is 17.2 Å². The molecule has 7 nitrogen and oxygen atoms in total. The van der Waals surface area contributed by atoms with Crippen LogP contribution in [0.25, 0.3) is 11.0 Å². The molecule has 1 N–H and O–H groups in total. The van der Waals surface area contributed by atoms with Crippen LogP contribution < -0.4 is 14.2 Å². The van der Waals surface area contributed by atoms with Crippen LogP contribution in [0, 0.1) is 6.92 Å². The van der Waals surface area contributed by atoms with Crippen molar-refractivity contribution in [2.24, 2.45) is 0 Å². The predicted molar refractivity (Wildman–Crippen MR) is 124 cm³/mol. The summed E-state index contributed by atoms with van der Waals surface area (Å²) in [4.78, 5) is 11.6. The number of fused-ring (bicyclic) bond motifs is 1. The average molecular weight is 506 g/mol. The number of nitrogens with zero attached hydrogens (tertiary/aromatic N) is 2. The smallest absolute Gasteiger partial charge is 0.422 e. The van der Waals surface area contributed by atoms with E-state index in [0.717, 1.165) is 5.56 Å². The maximum atomic E-state index is 13.0. The molecule has 0 spiro atoms. The van der Waals surface area contributed by atoms with Crippen LogP contribution in [0.2, 0.25) is 0 Å². The molecule has 11 heteroatoms. The highest BCUT2D eigenvalue weighted by atomic mass is 32.2. The number of halogens is 3. The largest absolute Gasteiger partial charge is 0.492 e. The SMILES string of the molecule is COc1c(OCc2ccccc2)cnc(CS(=O)c2nc3ccc(OCC(F)(F)F)cc3[nH]2)c1C. The Bertz CT molecular complexity index is 1340. The monoisotopic (exact) mass is 505 g/mol. The minimum atomic E-state index is -4.44. The summed E-state index contributed by atoms with van der Waals surface area (Å²) in [7, 11) is -0.0744. The molecule has 0 radical (unpaired) electrons. The van der Waals surface area contributed by atoms with Gasteiger partial charge in [0.05, 0.1) is 46.6 Å². The minimum Gasteiger partial charge on any atom is -0.492 e. The molecule has 35 heavy (non-hydrogen) atoms. The minimum absolute atomic E-state index is 0.0316. The van der Waals surface area contributed by atoms with Gasteiger partial charge >= 0.3 is 6.18 Å². The second-order valence-electron chi connectivity index (χ2n) is 7.62. The Balaban J connectivity index is 1.48. The van der Waals surface area contributed by atoms with E-state index in [0.29, 0.717) is 40.4 Å². The maximum Gasteiger partial charge on any atom is 0.422 e. The molecule has 0 aliphatic rings. The second kappa shape index (κ2) is 10.3. The summed E-state index contributed by atoms with van der Waals surface area (Å²) < 4.78 is 66.3. The second-order valence-corrected chi connectivity index (χ2v) is 8.98. The van der Waals surface area contributed by atoms with E-state index in [1.807, 2.05) is 30.3 Å². The first kappa shape index (κ1) is 24.5. The van der Waals surface area contributed by atoms with Crippen LogP contribution in [0.4, 0.5) is 13.2 Å². The molecule has 4 rings (SSSR count). The number of nitrogens with one attached hydrogen (secondary N) is 1. The normalized spacial score (nSPS) is 12.5. The maximum absolute atomic E-state index is 13.0. The zero-order valence-corrected chi connectivity index (χ0v) is 19.7. The van der Waals surface area contributed by atoms with Gasteiger partial charge in [0.15, 0.2) is 23.3 Å². The van der Waals surface area contributed by atoms with Crippen molar-refractivity contribution in [3.05, 3.63) is 71.5 Å². The van der Waals surface area contributed by atoms with Gasteiger partial charge in [-0.3, -0.25) is 9.19 Å². The van der Waals surface area contributed by atoms with Gasteiger partial charge in [-0.2, -0.15) is 13.2 Å². The summed E-state index contributed by atoms with van der Waals surface area (Å²) in [6.07, 6.45) is -2.91. The molecule has 4 aromatic rings. The quantitative estimate of drug-likeness (QED) is 0.341. The number of imidazole rings is 1. The number of rotatable bonds is 9. The van der Waals surface area contributed by atoms with E-state index in [1.165, 1.54) is 31.5 Å². The molecule has 0 saturated carbocycles. The summed E-state index contributed by atoms with van der Waals surface area (Å²) in [5.74, 6) is 1.06. The van der Waals surface area contributed by atoms with Gasteiger partial charge in [-0.1, -0.05) is 30.3 Å². The van der Waals surface area contributed by atoms with Gasteiger partial charge in [-0.15, -0.1) is 0 Å². The third-order valence-electron chi connectivity index (χ3n) is 5.09. The first-order valence-corrected chi connectivity index (χ1v) is 11.8. The Labute approximate surface area is 201 Å². The molecular formula is C24H22F3N3O4S. The number of hydrogen-bond acceptors (Lipinski definition) is 6. The van der Waals surface area contributed by atoms with Crippen molar-refractivity contribution >= 4 is 21.8 Å². The standard InChI is InChI=1S/C24H22F3N3O4S/c1-15-20(28-11-21(22(15)32-2)33-12-16-6-4-3-5-7-16)13-35(31)23-29-18-9-8-17(10-19(18)30-23)34-14-24(25,26)27/h3-11H,12-14H2,1-2H3,(H,29,30). The number of aromatic amines is 1. The Kier molecular flexibility index (Phi) is 7.25. The molecule has 0 saturated heterocycles. The van der Waals surface area contributed by atoms with Crippen molar-refractivity contribution in [3.8, 4) is 17.2 Å². The van der Waals surface area contributed by atoms with Crippen LogP contribution in [0.1, 0.15) is 16.8 Å². The number of alkyl halides is 3. The van der Waals surface area contributed by atoms with Crippen molar-refractivity contribution in [2.75, 3.05) is 13.7 Å². The summed E-state index contributed by atoms with van der Waals surface area (Å²) in [5, 5.41) is 0.178. The van der Waals surface area contributed by atoms with Crippen molar-refractivity contribution in [1.82, 2.24) is 15.0 Å². The van der Waals surface area contributed by atoms with Crippen LogP contribution in [0.15, 0.2) is 59.9 Å². The number of hydrogen-bond donors (Lipinski definition) is 1. The molecule has 2 aromatic carbocycles. The molecule has 0 amide bonds. The Morgan fingerprint density at radius 2 is 1.86 bits per heavy atom. The number of pyridine rings is 1. The van der Waals surface area contributed by atoms with E-state index in [4.69, 9.17) is 14.2 Å². The van der Waals surface area contributed by atoms with Gasteiger partial charge in [0.25, 0.3) is 0 Å². The summed E-state index contributed by atoms with van der Waals surface area (Å²) in [6, 6.07) is 13.9. The first-order chi connectivity index (χ1) is 16.7. The number of benzene rings is 2. The van der Waals surface area contributed by atoms with Crippen molar-refractivity contribution in [3.63, 3.8) is 0 Å². The van der Waals surface area contributed by atoms with E-state index >= 15 is 0 Å². The zero-order valence-electron chi connectivity index (χ0n) is 18.9. The van der Waals surface area contributed by atoms with Gasteiger partial charge in [0.1, 0.15) is 12.4 Å². The average Bonchev–Trinajstić information content (AvgIpc) is 3.27. The van der Waals surface area contributed by atoms with Gasteiger partial charge in [0, 0.05) is 11.6 Å². The topological polar surface area (TPSA) is 86.3 Å². The lowest BCUT2D eigenvalue weighted by atomic mass is 10.2. The van der Waals surface area contributed by atoms with Crippen LogP contribution in [-0.2, 0) is 23.2 Å².